The van der Waals surface area contributed by atoms with Crippen molar-refractivity contribution in [2.75, 3.05) is 6.61 Å². The van der Waals surface area contributed by atoms with Crippen molar-refractivity contribution in [3.8, 4) is 0 Å². The molecule has 42 heavy (non-hydrogen) atoms. The fourth-order valence-corrected chi connectivity index (χ4v) is 4.77. The van der Waals surface area contributed by atoms with Crippen LogP contribution in [0.1, 0.15) is 13.8 Å². The predicted octanol–water partition coefficient (Wildman–Crippen LogP) is -5.19. The van der Waals surface area contributed by atoms with Crippen LogP contribution in [-0.4, -0.2) is 153 Å². The molecule has 0 radical (unpaired) electrons. The number of hydrogen-bond acceptors (Lipinski definition) is 16. The SMILES string of the molecule is CC(=O)N[C@H]1[C@@H](O[C@H]2[C@H](O)[C@@H](O)[C@H](C)O[C@@H]2C(=O)O)O[C@H](COS(=O)(=O)O)[C@@H](O[C@@H]2OC(C(=O)O)=C[C@H](O)[C@H]2O)[C@@H]1O. The maximum absolute atomic E-state index is 12.0. The topological polar surface area (TPSA) is 315 Å². The first-order valence-electron chi connectivity index (χ1n) is 12.2. The van der Waals surface area contributed by atoms with Gasteiger partial charge >= 0.3 is 22.3 Å². The van der Waals surface area contributed by atoms with Gasteiger partial charge in [0, 0.05) is 6.92 Å². The molecule has 0 unspecified atom stereocenters. The summed E-state index contributed by atoms with van der Waals surface area (Å²) in [5, 5.41) is 73.3. The van der Waals surface area contributed by atoms with Crippen molar-refractivity contribution in [1.29, 1.82) is 0 Å². The van der Waals surface area contributed by atoms with Crippen LogP contribution in [0.25, 0.3) is 0 Å². The van der Waals surface area contributed by atoms with Crippen molar-refractivity contribution in [2.24, 2.45) is 0 Å². The highest BCUT2D eigenvalue weighted by Crippen LogP contribution is 2.32. The van der Waals surface area contributed by atoms with Gasteiger partial charge in [0.05, 0.1) is 12.7 Å². The first-order chi connectivity index (χ1) is 19.4. The Bertz CT molecular complexity index is 1150. The Morgan fingerprint density at radius 2 is 1.55 bits per heavy atom. The van der Waals surface area contributed by atoms with Crippen molar-refractivity contribution < 1.29 is 91.0 Å². The van der Waals surface area contributed by atoms with Crippen molar-refractivity contribution in [1.82, 2.24) is 5.32 Å². The zero-order valence-electron chi connectivity index (χ0n) is 21.8. The summed E-state index contributed by atoms with van der Waals surface area (Å²) in [4.78, 5) is 35.2. The zero-order chi connectivity index (χ0) is 31.7. The number of aliphatic hydroxyl groups excluding tert-OH is 5. The third-order valence-corrected chi connectivity index (χ3v) is 6.92. The van der Waals surface area contributed by atoms with E-state index in [-0.39, 0.29) is 0 Å². The minimum atomic E-state index is -5.16. The summed E-state index contributed by atoms with van der Waals surface area (Å²) in [6.45, 7) is 1.10. The fraction of sp³-hybridized carbons (Fsp3) is 0.762. The number of amides is 1. The zero-order valence-corrected chi connectivity index (χ0v) is 22.6. The Hall–Kier alpha value is -2.54. The molecule has 0 aromatic carbocycles. The molecule has 13 atom stereocenters. The van der Waals surface area contributed by atoms with E-state index in [9.17, 15) is 58.5 Å². The third kappa shape index (κ3) is 7.89. The Morgan fingerprint density at radius 1 is 0.929 bits per heavy atom. The van der Waals surface area contributed by atoms with Crippen molar-refractivity contribution in [2.45, 2.75) is 93.5 Å². The van der Waals surface area contributed by atoms with E-state index >= 15 is 0 Å². The van der Waals surface area contributed by atoms with Gasteiger partial charge in [0.2, 0.25) is 18.0 Å². The number of aliphatic hydroxyl groups is 5. The summed E-state index contributed by atoms with van der Waals surface area (Å²) in [6.07, 6.45) is -21.5. The molecule has 9 N–H and O–H groups in total. The molecule has 20 nitrogen and oxygen atoms in total. The number of rotatable bonds is 10. The van der Waals surface area contributed by atoms with Crippen LogP contribution < -0.4 is 5.32 Å². The average Bonchev–Trinajstić information content (AvgIpc) is 2.88. The number of carboxylic acid groups (broad SMARTS) is 2. The van der Waals surface area contributed by atoms with Crippen LogP contribution in [0.5, 0.6) is 0 Å². The number of ether oxygens (including phenoxy) is 5. The lowest BCUT2D eigenvalue weighted by Gasteiger charge is -2.48. The van der Waals surface area contributed by atoms with E-state index in [2.05, 4.69) is 9.50 Å². The molecule has 0 aromatic heterocycles. The average molecular weight is 634 g/mol. The second-order valence-corrected chi connectivity index (χ2v) is 10.6. The molecule has 0 bridgehead atoms. The molecule has 0 aromatic rings. The van der Waals surface area contributed by atoms with Crippen LogP contribution in [0.2, 0.25) is 0 Å². The summed E-state index contributed by atoms with van der Waals surface area (Å²) in [5.41, 5.74) is 0. The molecule has 1 amide bonds. The molecule has 3 rings (SSSR count). The standard InChI is InChI=1S/C21H31NO19S/c1-5-11(25)14(28)16(17(37-5)19(31)32)41-20-10(22-6(2)23)13(27)15(9(39-20)4-36-42(33,34)35)40-21-12(26)7(24)3-8(38-21)18(29)30/h3,5,7,9-17,20-21,24-28H,4H2,1-2H3,(H,22,23)(H,29,30)(H,31,32)(H,33,34,35)/t5-,7-,9+,10+,11-,12+,13+,14+,15+,16-,17-,20+,21-/m0/s1. The van der Waals surface area contributed by atoms with Gasteiger partial charge in [0.25, 0.3) is 0 Å². The highest BCUT2D eigenvalue weighted by Gasteiger charge is 2.54. The van der Waals surface area contributed by atoms with Gasteiger partial charge < -0.3 is 64.7 Å². The number of carboxylic acids is 2. The summed E-state index contributed by atoms with van der Waals surface area (Å²) in [6, 6.07) is -1.73. The fourth-order valence-electron chi connectivity index (χ4n) is 4.46. The number of carbonyl (C=O) groups is 3. The van der Waals surface area contributed by atoms with E-state index in [0.29, 0.717) is 6.08 Å². The number of carbonyl (C=O) groups excluding carboxylic acids is 1. The molecule has 3 aliphatic heterocycles. The van der Waals surface area contributed by atoms with Gasteiger partial charge in [-0.2, -0.15) is 8.42 Å². The smallest absolute Gasteiger partial charge is 0.397 e. The molecule has 3 heterocycles. The van der Waals surface area contributed by atoms with E-state index in [1.807, 2.05) is 0 Å². The normalized spacial score (nSPS) is 40.9. The van der Waals surface area contributed by atoms with E-state index in [1.165, 1.54) is 6.92 Å². The lowest BCUT2D eigenvalue weighted by Crippen LogP contribution is -2.69. The number of hydrogen-bond donors (Lipinski definition) is 9. The highest BCUT2D eigenvalue weighted by molar-refractivity contribution is 7.80. The van der Waals surface area contributed by atoms with Crippen molar-refractivity contribution >= 4 is 28.2 Å². The Labute approximate surface area is 236 Å². The van der Waals surface area contributed by atoms with Gasteiger partial charge in [0.1, 0.15) is 54.9 Å². The first kappa shape index (κ1) is 34.0. The number of nitrogens with one attached hydrogen (secondary N) is 1. The lowest BCUT2D eigenvalue weighted by molar-refractivity contribution is -0.337. The van der Waals surface area contributed by atoms with Crippen LogP contribution in [0, 0.1) is 0 Å². The van der Waals surface area contributed by atoms with E-state index in [1.54, 1.807) is 0 Å². The van der Waals surface area contributed by atoms with Crippen LogP contribution in [0.15, 0.2) is 11.8 Å². The third-order valence-electron chi connectivity index (χ3n) is 6.48. The molecule has 2 fully saturated rings. The van der Waals surface area contributed by atoms with Gasteiger partial charge in [0.15, 0.2) is 12.4 Å². The maximum Gasteiger partial charge on any atom is 0.397 e. The molecule has 2 saturated heterocycles. The summed E-state index contributed by atoms with van der Waals surface area (Å²) in [7, 11) is -5.16. The Balaban J connectivity index is 1.96. The van der Waals surface area contributed by atoms with Crippen molar-refractivity contribution in [3.63, 3.8) is 0 Å². The van der Waals surface area contributed by atoms with Gasteiger partial charge in [-0.25, -0.2) is 13.8 Å². The van der Waals surface area contributed by atoms with Crippen molar-refractivity contribution in [3.05, 3.63) is 11.8 Å². The van der Waals surface area contributed by atoms with Crippen LogP contribution in [-0.2, 0) is 52.7 Å². The Kier molecular flexibility index (Phi) is 10.8. The maximum atomic E-state index is 12.0. The predicted molar refractivity (Wildman–Crippen MR) is 126 cm³/mol. The van der Waals surface area contributed by atoms with Crippen LogP contribution in [0.4, 0.5) is 0 Å². The summed E-state index contributed by atoms with van der Waals surface area (Å²) < 4.78 is 62.8. The molecule has 0 saturated carbocycles. The number of aliphatic carboxylic acids is 2. The molecule has 21 heteroatoms. The molecule has 240 valence electrons. The monoisotopic (exact) mass is 633 g/mol. The summed E-state index contributed by atoms with van der Waals surface area (Å²) in [5.74, 6) is -5.01. The highest BCUT2D eigenvalue weighted by atomic mass is 32.3. The first-order valence-corrected chi connectivity index (χ1v) is 13.5. The molecule has 0 spiro atoms. The molecule has 3 aliphatic rings. The van der Waals surface area contributed by atoms with E-state index in [0.717, 1.165) is 6.92 Å². The largest absolute Gasteiger partial charge is 0.479 e. The van der Waals surface area contributed by atoms with E-state index < -0.39 is 120 Å². The second kappa shape index (κ2) is 13.4. The van der Waals surface area contributed by atoms with Gasteiger partial charge in [-0.15, -0.1) is 0 Å². The lowest BCUT2D eigenvalue weighted by atomic mass is 9.93. The van der Waals surface area contributed by atoms with Crippen LogP contribution >= 0.6 is 0 Å². The van der Waals surface area contributed by atoms with Gasteiger partial charge in [-0.3, -0.25) is 9.35 Å². The second-order valence-electron chi connectivity index (χ2n) is 9.56. The van der Waals surface area contributed by atoms with E-state index in [4.69, 9.17) is 28.2 Å². The quantitative estimate of drug-likeness (QED) is 0.101. The molecular weight excluding hydrogens is 602 g/mol. The minimum absolute atomic E-state index is 0.648. The van der Waals surface area contributed by atoms with Gasteiger partial charge in [-0.1, -0.05) is 0 Å². The molecule has 0 aliphatic carbocycles. The Morgan fingerprint density at radius 3 is 2.10 bits per heavy atom. The minimum Gasteiger partial charge on any atom is -0.479 e. The van der Waals surface area contributed by atoms with Crippen LogP contribution in [0.3, 0.4) is 0 Å². The molecular formula is C21H31NO19S. The van der Waals surface area contributed by atoms with Gasteiger partial charge in [-0.05, 0) is 13.0 Å². The summed E-state index contributed by atoms with van der Waals surface area (Å²) >= 11 is 0.